The van der Waals surface area contributed by atoms with E-state index < -0.39 is 34.3 Å². The predicted octanol–water partition coefficient (Wildman–Crippen LogP) is 2.18. The Balaban J connectivity index is 1.59. The maximum Gasteiger partial charge on any atom is 0.330 e. The zero-order valence-electron chi connectivity index (χ0n) is 14.3. The van der Waals surface area contributed by atoms with Crippen molar-refractivity contribution in [2.75, 3.05) is 17.7 Å². The second kappa shape index (κ2) is 7.35. The first kappa shape index (κ1) is 19.4. The number of hydrogen-bond donors (Lipinski definition) is 1. The average molecular weight is 414 g/mol. The van der Waals surface area contributed by atoms with Gasteiger partial charge in [0.2, 0.25) is 5.91 Å². The molecular weight excluding hydrogens is 398 g/mol. The molecule has 1 aromatic rings. The summed E-state index contributed by atoms with van der Waals surface area (Å²) in [5, 5.41) is 13.5. The molecule has 144 valence electrons. The van der Waals surface area contributed by atoms with Crippen molar-refractivity contribution in [3.05, 3.63) is 33.3 Å². The third-order valence-electron chi connectivity index (χ3n) is 4.49. The highest BCUT2D eigenvalue weighted by Gasteiger charge is 2.53. The minimum Gasteiger partial charge on any atom is -0.454 e. The van der Waals surface area contributed by atoms with Gasteiger partial charge in [-0.15, -0.1) is 11.8 Å². The zero-order chi connectivity index (χ0) is 19.8. The summed E-state index contributed by atoms with van der Waals surface area (Å²) in [5.74, 6) is -1.09. The normalized spacial score (nSPS) is 23.9. The Kier molecular flexibility index (Phi) is 5.29. The molecule has 0 aliphatic carbocycles. The first-order chi connectivity index (χ1) is 12.7. The van der Waals surface area contributed by atoms with E-state index in [4.69, 9.17) is 16.3 Å². The molecule has 1 N–H and O–H groups in total. The Morgan fingerprint density at radius 3 is 2.96 bits per heavy atom. The van der Waals surface area contributed by atoms with Crippen LogP contribution in [0.25, 0.3) is 0 Å². The number of thioether (sulfide) groups is 1. The van der Waals surface area contributed by atoms with Crippen molar-refractivity contribution < 1.29 is 24.0 Å². The third-order valence-corrected chi connectivity index (χ3v) is 6.23. The van der Waals surface area contributed by atoms with Gasteiger partial charge in [0.15, 0.2) is 6.61 Å². The SMILES string of the molecule is C[C@@]12CCC(=O)N1[C@@H](C(=O)OCC(=O)Nc1ccc(Cl)cc1[N+](=O)[O-])CS2. The number of ether oxygens (including phenoxy) is 1. The summed E-state index contributed by atoms with van der Waals surface area (Å²) >= 11 is 7.23. The van der Waals surface area contributed by atoms with Gasteiger partial charge < -0.3 is 15.0 Å². The Bertz CT molecular complexity index is 834. The van der Waals surface area contributed by atoms with Gasteiger partial charge in [-0.1, -0.05) is 11.6 Å². The Morgan fingerprint density at radius 2 is 2.26 bits per heavy atom. The van der Waals surface area contributed by atoms with E-state index in [9.17, 15) is 24.5 Å². The van der Waals surface area contributed by atoms with E-state index in [1.165, 1.54) is 28.8 Å². The van der Waals surface area contributed by atoms with Crippen molar-refractivity contribution in [2.24, 2.45) is 0 Å². The number of benzene rings is 1. The van der Waals surface area contributed by atoms with Gasteiger partial charge in [-0.25, -0.2) is 4.79 Å². The number of nitro groups is 1. The van der Waals surface area contributed by atoms with Crippen molar-refractivity contribution >= 4 is 52.5 Å². The summed E-state index contributed by atoms with van der Waals surface area (Å²) in [6, 6.07) is 3.07. The van der Waals surface area contributed by atoms with E-state index in [0.29, 0.717) is 18.6 Å². The summed E-state index contributed by atoms with van der Waals surface area (Å²) in [6.45, 7) is 1.29. The Labute approximate surface area is 163 Å². The molecule has 27 heavy (non-hydrogen) atoms. The number of carbonyl (C=O) groups excluding carboxylic acids is 3. The maximum atomic E-state index is 12.3. The predicted molar refractivity (Wildman–Crippen MR) is 98.4 cm³/mol. The van der Waals surface area contributed by atoms with Crippen LogP contribution >= 0.6 is 23.4 Å². The van der Waals surface area contributed by atoms with Crippen LogP contribution < -0.4 is 5.32 Å². The average Bonchev–Trinajstić information content (AvgIpc) is 3.10. The molecule has 0 saturated carbocycles. The van der Waals surface area contributed by atoms with Gasteiger partial charge in [-0.3, -0.25) is 19.7 Å². The topological polar surface area (TPSA) is 119 Å². The molecule has 1 aromatic carbocycles. The monoisotopic (exact) mass is 413 g/mol. The van der Waals surface area contributed by atoms with Gasteiger partial charge >= 0.3 is 5.97 Å². The van der Waals surface area contributed by atoms with Crippen molar-refractivity contribution in [1.82, 2.24) is 4.90 Å². The zero-order valence-corrected chi connectivity index (χ0v) is 15.8. The van der Waals surface area contributed by atoms with Crippen molar-refractivity contribution in [1.29, 1.82) is 0 Å². The Hall–Kier alpha value is -2.33. The van der Waals surface area contributed by atoms with Gasteiger partial charge in [-0.2, -0.15) is 0 Å². The molecule has 2 saturated heterocycles. The lowest BCUT2D eigenvalue weighted by atomic mass is 10.2. The van der Waals surface area contributed by atoms with Gasteiger partial charge in [0.05, 0.1) is 9.79 Å². The number of nitrogens with zero attached hydrogens (tertiary/aromatic N) is 2. The fourth-order valence-electron chi connectivity index (χ4n) is 3.18. The Morgan fingerprint density at radius 1 is 1.52 bits per heavy atom. The molecule has 11 heteroatoms. The highest BCUT2D eigenvalue weighted by Crippen LogP contribution is 2.47. The number of esters is 1. The summed E-state index contributed by atoms with van der Waals surface area (Å²) in [5.41, 5.74) is -0.419. The van der Waals surface area contributed by atoms with Gasteiger partial charge in [0.1, 0.15) is 11.7 Å². The number of fused-ring (bicyclic) bond motifs is 1. The smallest absolute Gasteiger partial charge is 0.330 e. The number of halogens is 1. The molecule has 2 aliphatic rings. The van der Waals surface area contributed by atoms with Crippen LogP contribution in [0.3, 0.4) is 0 Å². The van der Waals surface area contributed by atoms with Gasteiger partial charge in [0.25, 0.3) is 11.6 Å². The highest BCUT2D eigenvalue weighted by molar-refractivity contribution is 8.01. The second-order valence-corrected chi connectivity index (χ2v) is 8.28. The van der Waals surface area contributed by atoms with E-state index in [1.807, 2.05) is 6.92 Å². The summed E-state index contributed by atoms with van der Waals surface area (Å²) in [7, 11) is 0. The quantitative estimate of drug-likeness (QED) is 0.446. The number of rotatable bonds is 5. The van der Waals surface area contributed by atoms with E-state index in [0.717, 1.165) is 6.07 Å². The minimum absolute atomic E-state index is 0.0517. The fourth-order valence-corrected chi connectivity index (χ4v) is 4.76. The second-order valence-electron chi connectivity index (χ2n) is 6.34. The van der Waals surface area contributed by atoms with Crippen LogP contribution in [-0.4, -0.2) is 50.9 Å². The molecule has 3 rings (SSSR count). The first-order valence-electron chi connectivity index (χ1n) is 8.08. The number of nitro benzene ring substituents is 1. The number of anilines is 1. The standard InChI is InChI=1S/C16H16ClN3O6S/c1-16-5-4-14(22)19(16)12(8-27-16)15(23)26-7-13(21)18-10-3-2-9(17)6-11(10)20(24)25/h2-3,6,12H,4-5,7-8H2,1H3,(H,18,21)/t12-,16-/m1/s1. The van der Waals surface area contributed by atoms with Crippen LogP contribution in [0.4, 0.5) is 11.4 Å². The van der Waals surface area contributed by atoms with Crippen molar-refractivity contribution in [3.63, 3.8) is 0 Å². The van der Waals surface area contributed by atoms with E-state index >= 15 is 0 Å². The van der Waals surface area contributed by atoms with E-state index in [-0.39, 0.29) is 22.3 Å². The minimum atomic E-state index is -0.729. The van der Waals surface area contributed by atoms with Crippen LogP contribution in [0.2, 0.25) is 5.02 Å². The lowest BCUT2D eigenvalue weighted by Gasteiger charge is -2.29. The van der Waals surface area contributed by atoms with Crippen molar-refractivity contribution in [3.8, 4) is 0 Å². The van der Waals surface area contributed by atoms with Crippen LogP contribution in [0.15, 0.2) is 18.2 Å². The molecule has 2 fully saturated rings. The van der Waals surface area contributed by atoms with Crippen LogP contribution in [0.5, 0.6) is 0 Å². The third kappa shape index (κ3) is 3.86. The summed E-state index contributed by atoms with van der Waals surface area (Å²) in [6.07, 6.45) is 1.05. The molecule has 0 unspecified atom stereocenters. The largest absolute Gasteiger partial charge is 0.454 e. The lowest BCUT2D eigenvalue weighted by molar-refractivity contribution is -0.383. The number of amides is 2. The molecule has 0 spiro atoms. The lowest BCUT2D eigenvalue weighted by Crippen LogP contribution is -2.47. The number of nitrogens with one attached hydrogen (secondary N) is 1. The van der Waals surface area contributed by atoms with E-state index in [2.05, 4.69) is 5.32 Å². The number of hydrogen-bond acceptors (Lipinski definition) is 7. The highest BCUT2D eigenvalue weighted by atomic mass is 35.5. The molecule has 2 heterocycles. The number of carbonyl (C=O) groups is 3. The molecule has 9 nitrogen and oxygen atoms in total. The molecular formula is C16H16ClN3O6S. The van der Waals surface area contributed by atoms with Crippen molar-refractivity contribution in [2.45, 2.75) is 30.7 Å². The van der Waals surface area contributed by atoms with Crippen LogP contribution in [-0.2, 0) is 19.1 Å². The fraction of sp³-hybridized carbons (Fsp3) is 0.438. The molecule has 2 atom stereocenters. The first-order valence-corrected chi connectivity index (χ1v) is 9.44. The van der Waals surface area contributed by atoms with Gasteiger partial charge in [0, 0.05) is 23.3 Å². The molecule has 2 amide bonds. The molecule has 0 radical (unpaired) electrons. The summed E-state index contributed by atoms with van der Waals surface area (Å²) in [4.78, 5) is 47.8. The van der Waals surface area contributed by atoms with Crippen LogP contribution in [0.1, 0.15) is 19.8 Å². The molecule has 2 aliphatic heterocycles. The summed E-state index contributed by atoms with van der Waals surface area (Å²) < 4.78 is 5.03. The van der Waals surface area contributed by atoms with E-state index in [1.54, 1.807) is 0 Å². The molecule has 0 bridgehead atoms. The maximum absolute atomic E-state index is 12.3. The van der Waals surface area contributed by atoms with Gasteiger partial charge in [-0.05, 0) is 25.5 Å². The van der Waals surface area contributed by atoms with Crippen LogP contribution in [0, 0.1) is 10.1 Å². The molecule has 0 aromatic heterocycles.